The van der Waals surface area contributed by atoms with Gasteiger partial charge in [-0.3, -0.25) is 9.59 Å². The Morgan fingerprint density at radius 1 is 1.03 bits per heavy atom. The quantitative estimate of drug-likeness (QED) is 0.354. The molecule has 1 saturated heterocycles. The van der Waals surface area contributed by atoms with Crippen LogP contribution in [-0.4, -0.2) is 67.0 Å². The second kappa shape index (κ2) is 10.5. The molecule has 33 heavy (non-hydrogen) atoms. The number of aliphatic hydroxyl groups is 1. The molecule has 1 amide bonds. The van der Waals surface area contributed by atoms with Crippen LogP contribution >= 0.6 is 0 Å². The summed E-state index contributed by atoms with van der Waals surface area (Å²) in [7, 11) is 3.09. The van der Waals surface area contributed by atoms with E-state index in [0.717, 1.165) is 18.7 Å². The van der Waals surface area contributed by atoms with Crippen LogP contribution in [0.3, 0.4) is 0 Å². The molecule has 1 heterocycles. The van der Waals surface area contributed by atoms with Crippen molar-refractivity contribution >= 4 is 17.4 Å². The summed E-state index contributed by atoms with van der Waals surface area (Å²) in [4.78, 5) is 30.1. The lowest BCUT2D eigenvalue weighted by Crippen LogP contribution is -2.38. The Morgan fingerprint density at radius 2 is 1.70 bits per heavy atom. The van der Waals surface area contributed by atoms with Gasteiger partial charge in [0.2, 0.25) is 0 Å². The van der Waals surface area contributed by atoms with E-state index in [1.165, 1.54) is 12.0 Å². The number of Topliss-reactive ketones (excluding diaryl/α,β-unsaturated/α-hetero) is 1. The minimum absolute atomic E-state index is 0.0619. The number of carbonyl (C=O) groups is 2. The van der Waals surface area contributed by atoms with Crippen molar-refractivity contribution in [2.75, 3.05) is 40.4 Å². The molecule has 7 nitrogen and oxygen atoms in total. The van der Waals surface area contributed by atoms with Gasteiger partial charge in [0.25, 0.3) is 11.7 Å². The van der Waals surface area contributed by atoms with Gasteiger partial charge >= 0.3 is 0 Å². The van der Waals surface area contributed by atoms with Crippen LogP contribution in [0.15, 0.2) is 48.0 Å². The van der Waals surface area contributed by atoms with Gasteiger partial charge < -0.3 is 24.4 Å². The SMILES string of the molecule is CCN(CC)CCN1C(=O)C(=O)C(=C(O)c2ccc(C)cc2)[C@@H]1c1ccc(OC)cc1OC. The normalized spacial score (nSPS) is 17.6. The molecule has 0 aromatic heterocycles. The lowest BCUT2D eigenvalue weighted by Gasteiger charge is -2.29. The average molecular weight is 453 g/mol. The maximum atomic E-state index is 13.2. The second-order valence-electron chi connectivity index (χ2n) is 7.99. The Morgan fingerprint density at radius 3 is 2.27 bits per heavy atom. The van der Waals surface area contributed by atoms with Gasteiger partial charge in [0, 0.05) is 30.3 Å². The van der Waals surface area contributed by atoms with Crippen molar-refractivity contribution in [2.24, 2.45) is 0 Å². The summed E-state index contributed by atoms with van der Waals surface area (Å²) >= 11 is 0. The summed E-state index contributed by atoms with van der Waals surface area (Å²) in [5, 5.41) is 11.2. The predicted molar refractivity (Wildman–Crippen MR) is 128 cm³/mol. The van der Waals surface area contributed by atoms with Crippen LogP contribution in [0.25, 0.3) is 5.76 Å². The van der Waals surface area contributed by atoms with Crippen LogP contribution in [0.5, 0.6) is 11.5 Å². The van der Waals surface area contributed by atoms with E-state index in [9.17, 15) is 14.7 Å². The number of aryl methyl sites for hydroxylation is 1. The summed E-state index contributed by atoms with van der Waals surface area (Å²) in [6.07, 6.45) is 0. The highest BCUT2D eigenvalue weighted by atomic mass is 16.5. The highest BCUT2D eigenvalue weighted by Gasteiger charge is 2.47. The fraction of sp³-hybridized carbons (Fsp3) is 0.385. The first-order chi connectivity index (χ1) is 15.9. The van der Waals surface area contributed by atoms with Gasteiger partial charge in [0.1, 0.15) is 17.3 Å². The lowest BCUT2D eigenvalue weighted by atomic mass is 9.94. The molecular weight excluding hydrogens is 420 g/mol. The van der Waals surface area contributed by atoms with Crippen LogP contribution in [0.1, 0.15) is 36.6 Å². The van der Waals surface area contributed by atoms with E-state index in [0.29, 0.717) is 35.7 Å². The van der Waals surface area contributed by atoms with E-state index in [4.69, 9.17) is 9.47 Å². The molecule has 1 aliphatic rings. The standard InChI is InChI=1S/C26H32N2O5/c1-6-27(7-2)14-15-28-23(20-13-12-19(32-4)16-21(20)33-5)22(25(30)26(28)31)24(29)18-10-8-17(3)9-11-18/h8-13,16,23,29H,6-7,14-15H2,1-5H3/t23-/m0/s1. The number of amides is 1. The average Bonchev–Trinajstić information content (AvgIpc) is 3.09. The molecule has 0 unspecified atom stereocenters. The molecular formula is C26H32N2O5. The van der Waals surface area contributed by atoms with E-state index in [2.05, 4.69) is 18.7 Å². The van der Waals surface area contributed by atoms with E-state index >= 15 is 0 Å². The lowest BCUT2D eigenvalue weighted by molar-refractivity contribution is -0.140. The third-order valence-electron chi connectivity index (χ3n) is 6.15. The summed E-state index contributed by atoms with van der Waals surface area (Å²) in [5.74, 6) is -0.450. The number of benzene rings is 2. The number of nitrogens with zero attached hydrogens (tertiary/aromatic N) is 2. The van der Waals surface area contributed by atoms with Crippen molar-refractivity contribution in [3.8, 4) is 11.5 Å². The monoisotopic (exact) mass is 452 g/mol. The topological polar surface area (TPSA) is 79.3 Å². The maximum absolute atomic E-state index is 13.2. The van der Waals surface area contributed by atoms with Gasteiger partial charge in [0.05, 0.1) is 25.8 Å². The first-order valence-corrected chi connectivity index (χ1v) is 11.2. The third-order valence-corrected chi connectivity index (χ3v) is 6.15. The van der Waals surface area contributed by atoms with Crippen LogP contribution in [0, 0.1) is 6.92 Å². The van der Waals surface area contributed by atoms with E-state index in [1.54, 1.807) is 37.4 Å². The maximum Gasteiger partial charge on any atom is 0.295 e. The van der Waals surface area contributed by atoms with Crippen LogP contribution in [-0.2, 0) is 9.59 Å². The molecule has 176 valence electrons. The van der Waals surface area contributed by atoms with Gasteiger partial charge in [-0.2, -0.15) is 0 Å². The largest absolute Gasteiger partial charge is 0.507 e. The second-order valence-corrected chi connectivity index (χ2v) is 7.99. The summed E-state index contributed by atoms with van der Waals surface area (Å²) in [6.45, 7) is 8.67. The molecule has 7 heteroatoms. The number of carbonyl (C=O) groups excluding carboxylic acids is 2. The molecule has 0 radical (unpaired) electrons. The highest BCUT2D eigenvalue weighted by Crippen LogP contribution is 2.43. The summed E-state index contributed by atoms with van der Waals surface area (Å²) < 4.78 is 10.9. The summed E-state index contributed by atoms with van der Waals surface area (Å²) in [5.41, 5.74) is 2.19. The first kappa shape index (κ1) is 24.3. The zero-order chi connectivity index (χ0) is 24.1. The van der Waals surface area contributed by atoms with E-state index in [1.807, 2.05) is 19.1 Å². The highest BCUT2D eigenvalue weighted by molar-refractivity contribution is 6.46. The van der Waals surface area contributed by atoms with E-state index < -0.39 is 17.7 Å². The van der Waals surface area contributed by atoms with Crippen molar-refractivity contribution in [2.45, 2.75) is 26.8 Å². The molecule has 0 aliphatic carbocycles. The number of hydrogen-bond acceptors (Lipinski definition) is 6. The molecule has 2 aromatic carbocycles. The number of likely N-dealkylation sites (N-methyl/N-ethyl adjacent to an activating group) is 1. The Bertz CT molecular complexity index is 1040. The molecule has 0 saturated carbocycles. The molecule has 1 N–H and O–H groups in total. The van der Waals surface area contributed by atoms with Crippen molar-refractivity contribution in [1.82, 2.24) is 9.80 Å². The number of ketones is 1. The van der Waals surface area contributed by atoms with Crippen molar-refractivity contribution < 1.29 is 24.2 Å². The Kier molecular flexibility index (Phi) is 7.76. The number of likely N-dealkylation sites (tertiary alicyclic amines) is 1. The van der Waals surface area contributed by atoms with E-state index in [-0.39, 0.29) is 11.3 Å². The van der Waals surface area contributed by atoms with Crippen molar-refractivity contribution in [1.29, 1.82) is 0 Å². The Hall–Kier alpha value is -3.32. The van der Waals surface area contributed by atoms with Crippen LogP contribution in [0.2, 0.25) is 0 Å². The number of hydrogen-bond donors (Lipinski definition) is 1. The van der Waals surface area contributed by atoms with Gasteiger partial charge in [0.15, 0.2) is 0 Å². The molecule has 1 fully saturated rings. The first-order valence-electron chi connectivity index (χ1n) is 11.2. The molecule has 3 rings (SSSR count). The van der Waals surface area contributed by atoms with Gasteiger partial charge in [-0.15, -0.1) is 0 Å². The van der Waals surface area contributed by atoms with Gasteiger partial charge in [-0.1, -0.05) is 43.7 Å². The fourth-order valence-electron chi connectivity index (χ4n) is 4.13. The number of methoxy groups -OCH3 is 2. The smallest absolute Gasteiger partial charge is 0.295 e. The molecule has 1 aliphatic heterocycles. The minimum atomic E-state index is -0.775. The Balaban J connectivity index is 2.17. The van der Waals surface area contributed by atoms with Crippen molar-refractivity contribution in [3.05, 3.63) is 64.7 Å². The summed E-state index contributed by atoms with van der Waals surface area (Å²) in [6, 6.07) is 11.7. The molecule has 0 bridgehead atoms. The number of ether oxygens (including phenoxy) is 2. The molecule has 0 spiro atoms. The van der Waals surface area contributed by atoms with Crippen LogP contribution in [0.4, 0.5) is 0 Å². The van der Waals surface area contributed by atoms with Crippen LogP contribution < -0.4 is 9.47 Å². The molecule has 1 atom stereocenters. The fourth-order valence-corrected chi connectivity index (χ4v) is 4.13. The zero-order valence-corrected chi connectivity index (χ0v) is 19.9. The third kappa shape index (κ3) is 4.88. The number of aliphatic hydroxyl groups excluding tert-OH is 1. The zero-order valence-electron chi connectivity index (χ0n) is 19.9. The van der Waals surface area contributed by atoms with Crippen molar-refractivity contribution in [3.63, 3.8) is 0 Å². The van der Waals surface area contributed by atoms with Gasteiger partial charge in [-0.05, 0) is 32.1 Å². The Labute approximate surface area is 195 Å². The predicted octanol–water partition coefficient (Wildman–Crippen LogP) is 3.78. The van der Waals surface area contributed by atoms with Gasteiger partial charge in [-0.25, -0.2) is 0 Å². The minimum Gasteiger partial charge on any atom is -0.507 e. The number of rotatable bonds is 9. The molecule has 2 aromatic rings.